The predicted molar refractivity (Wildman–Crippen MR) is 144 cm³/mol. The van der Waals surface area contributed by atoms with Gasteiger partial charge in [0.15, 0.2) is 0 Å². The van der Waals surface area contributed by atoms with Crippen LogP contribution in [0.4, 0.5) is 0 Å². The molecule has 0 N–H and O–H groups in total. The summed E-state index contributed by atoms with van der Waals surface area (Å²) in [6.07, 6.45) is 28.9. The van der Waals surface area contributed by atoms with Crippen molar-refractivity contribution in [2.24, 2.45) is 4.99 Å². The van der Waals surface area contributed by atoms with Gasteiger partial charge in [-0.25, -0.2) is 0 Å². The van der Waals surface area contributed by atoms with E-state index in [2.05, 4.69) is 37.0 Å². The molecule has 0 amide bonds. The van der Waals surface area contributed by atoms with Gasteiger partial charge in [-0.2, -0.15) is 0 Å². The normalized spacial score (nSPS) is 15.5. The number of aliphatic imine (C=N–C) groups is 1. The van der Waals surface area contributed by atoms with Gasteiger partial charge in [-0.3, -0.25) is 4.99 Å². The molecule has 1 aliphatic carbocycles. The molecule has 1 rings (SSSR count). The van der Waals surface area contributed by atoms with Crippen LogP contribution in [0.3, 0.4) is 0 Å². The molecular weight excluding hydrogens is 396 g/mol. The van der Waals surface area contributed by atoms with E-state index in [9.17, 15) is 0 Å². The summed E-state index contributed by atoms with van der Waals surface area (Å²) in [7, 11) is 0. The zero-order valence-corrected chi connectivity index (χ0v) is 22.5. The van der Waals surface area contributed by atoms with Crippen LogP contribution in [-0.4, -0.2) is 28.5 Å². The van der Waals surface area contributed by atoms with E-state index in [0.717, 1.165) is 18.2 Å². The van der Waals surface area contributed by atoms with E-state index in [4.69, 9.17) is 4.99 Å². The van der Waals surface area contributed by atoms with E-state index in [0.29, 0.717) is 0 Å². The summed E-state index contributed by atoms with van der Waals surface area (Å²) in [5.74, 6) is 1.41. The van der Waals surface area contributed by atoms with Crippen LogP contribution in [0.5, 0.6) is 0 Å². The average Bonchev–Trinajstić information content (AvgIpc) is 2.79. The summed E-state index contributed by atoms with van der Waals surface area (Å²) in [4.78, 5) is 5.17. The summed E-state index contributed by atoms with van der Waals surface area (Å²) in [6, 6.07) is 0. The molecule has 1 saturated carbocycles. The molecule has 1 fully saturated rings. The first kappa shape index (κ1) is 28.9. The molecule has 0 aromatic rings. The van der Waals surface area contributed by atoms with Crippen LogP contribution in [0.2, 0.25) is 0 Å². The van der Waals surface area contributed by atoms with Crippen LogP contribution in [0.25, 0.3) is 0 Å². The highest BCUT2D eigenvalue weighted by Crippen LogP contribution is 2.32. The van der Waals surface area contributed by atoms with Gasteiger partial charge in [0.2, 0.25) is 0 Å². The minimum atomic E-state index is 0.832. The molecule has 2 nitrogen and oxygen atoms in total. The highest BCUT2D eigenvalue weighted by molar-refractivity contribution is 7.98. The van der Waals surface area contributed by atoms with Crippen molar-refractivity contribution in [2.75, 3.05) is 13.1 Å². The van der Waals surface area contributed by atoms with Gasteiger partial charge in [0.1, 0.15) is 5.84 Å². The van der Waals surface area contributed by atoms with Crippen LogP contribution in [0.1, 0.15) is 156 Å². The van der Waals surface area contributed by atoms with Crippen molar-refractivity contribution < 1.29 is 0 Å². The Morgan fingerprint density at radius 2 is 1.23 bits per heavy atom. The molecule has 0 aromatic carbocycles. The molecule has 0 heterocycles. The van der Waals surface area contributed by atoms with Crippen molar-refractivity contribution >= 4 is 17.8 Å². The van der Waals surface area contributed by atoms with Crippen LogP contribution in [0, 0.1) is 0 Å². The number of rotatable bonds is 20. The third-order valence-electron chi connectivity index (χ3n) is 6.61. The molecule has 0 unspecified atom stereocenters. The average molecular weight is 453 g/mol. The van der Waals surface area contributed by atoms with Crippen LogP contribution in [-0.2, 0) is 0 Å². The highest BCUT2D eigenvalue weighted by Gasteiger charge is 2.20. The summed E-state index contributed by atoms with van der Waals surface area (Å²) >= 11 is 2.17. The molecule has 31 heavy (non-hydrogen) atoms. The summed E-state index contributed by atoms with van der Waals surface area (Å²) in [6.45, 7) is 9.18. The van der Waals surface area contributed by atoms with Crippen LogP contribution in [0.15, 0.2) is 4.99 Å². The van der Waals surface area contributed by atoms with Crippen LogP contribution < -0.4 is 0 Å². The molecule has 3 heteroatoms. The van der Waals surface area contributed by atoms with Gasteiger partial charge >= 0.3 is 0 Å². The highest BCUT2D eigenvalue weighted by atomic mass is 32.2. The van der Waals surface area contributed by atoms with E-state index in [-0.39, 0.29) is 0 Å². The fourth-order valence-electron chi connectivity index (χ4n) is 4.59. The van der Waals surface area contributed by atoms with Gasteiger partial charge in [0.05, 0.1) is 0 Å². The van der Waals surface area contributed by atoms with Crippen molar-refractivity contribution in [3.05, 3.63) is 0 Å². The lowest BCUT2D eigenvalue weighted by Gasteiger charge is -2.31. The number of nitrogens with zero attached hydrogens (tertiary/aromatic N) is 2. The SMILES string of the molecule is CCCCCCCCC/N=C(\CCC)N(CCCCCCCCC)SC1CCCCC1. The molecule has 0 aliphatic heterocycles. The Morgan fingerprint density at radius 1 is 0.677 bits per heavy atom. The van der Waals surface area contributed by atoms with Crippen molar-refractivity contribution in [1.29, 1.82) is 0 Å². The van der Waals surface area contributed by atoms with Gasteiger partial charge in [0, 0.05) is 24.8 Å². The van der Waals surface area contributed by atoms with E-state index in [1.807, 2.05) is 0 Å². The fourth-order valence-corrected chi connectivity index (χ4v) is 6.00. The van der Waals surface area contributed by atoms with E-state index < -0.39 is 0 Å². The first-order chi connectivity index (χ1) is 15.3. The Balaban J connectivity index is 2.47. The Morgan fingerprint density at radius 3 is 1.81 bits per heavy atom. The topological polar surface area (TPSA) is 15.6 Å². The fraction of sp³-hybridized carbons (Fsp3) is 0.964. The Hall–Kier alpha value is -0.180. The van der Waals surface area contributed by atoms with Crippen LogP contribution >= 0.6 is 11.9 Å². The first-order valence-corrected chi connectivity index (χ1v) is 15.1. The maximum absolute atomic E-state index is 5.17. The monoisotopic (exact) mass is 452 g/mol. The van der Waals surface area contributed by atoms with Gasteiger partial charge in [-0.05, 0) is 44.1 Å². The molecule has 0 spiro atoms. The molecule has 0 atom stereocenters. The lowest BCUT2D eigenvalue weighted by Crippen LogP contribution is -2.29. The minimum absolute atomic E-state index is 0.832. The Kier molecular flexibility index (Phi) is 20.2. The molecule has 184 valence electrons. The maximum atomic E-state index is 5.17. The smallest absolute Gasteiger partial charge is 0.109 e. The van der Waals surface area contributed by atoms with Crippen molar-refractivity contribution in [3.8, 4) is 0 Å². The zero-order chi connectivity index (χ0) is 22.4. The molecular formula is C28H56N2S. The maximum Gasteiger partial charge on any atom is 0.109 e. The van der Waals surface area contributed by atoms with Crippen molar-refractivity contribution in [3.63, 3.8) is 0 Å². The van der Waals surface area contributed by atoms with E-state index in [1.165, 1.54) is 141 Å². The second-order valence-corrected chi connectivity index (χ2v) is 11.1. The third kappa shape index (κ3) is 16.1. The van der Waals surface area contributed by atoms with Gasteiger partial charge in [-0.15, -0.1) is 0 Å². The summed E-state index contributed by atoms with van der Waals surface area (Å²) in [5, 5.41) is 0.832. The molecule has 0 aromatic heterocycles. The summed E-state index contributed by atoms with van der Waals surface area (Å²) in [5.41, 5.74) is 0. The van der Waals surface area contributed by atoms with Gasteiger partial charge < -0.3 is 4.31 Å². The molecule has 0 saturated heterocycles. The van der Waals surface area contributed by atoms with Crippen molar-refractivity contribution in [2.45, 2.75) is 161 Å². The Bertz CT molecular complexity index is 404. The van der Waals surface area contributed by atoms with Gasteiger partial charge in [0.25, 0.3) is 0 Å². The summed E-state index contributed by atoms with van der Waals surface area (Å²) < 4.78 is 2.66. The standard InChI is InChI=1S/C28H56N2S/c1-4-7-9-11-13-15-20-25-29-28(22-6-3)30(31-27-23-18-17-19-24-27)26-21-16-14-12-10-8-5-2/h27H,4-26H2,1-3H3/b29-28+. The third-order valence-corrected chi connectivity index (χ3v) is 8.03. The second kappa shape index (κ2) is 21.7. The predicted octanol–water partition coefficient (Wildman–Crippen LogP) is 9.97. The van der Waals surface area contributed by atoms with E-state index in [1.54, 1.807) is 0 Å². The van der Waals surface area contributed by atoms with E-state index >= 15 is 0 Å². The first-order valence-electron chi connectivity index (χ1n) is 14.3. The largest absolute Gasteiger partial charge is 0.304 e. The lowest BCUT2D eigenvalue weighted by molar-refractivity contribution is 0.500. The lowest BCUT2D eigenvalue weighted by atomic mass is 10.0. The molecule has 0 radical (unpaired) electrons. The van der Waals surface area contributed by atoms with Gasteiger partial charge in [-0.1, -0.05) is 117 Å². The number of amidine groups is 1. The Labute approximate surface area is 201 Å². The second-order valence-electron chi connectivity index (χ2n) is 9.76. The quantitative estimate of drug-likeness (QED) is 0.0790. The minimum Gasteiger partial charge on any atom is -0.304 e. The number of hydrogen-bond acceptors (Lipinski definition) is 2. The zero-order valence-electron chi connectivity index (χ0n) is 21.6. The molecule has 0 bridgehead atoms. The van der Waals surface area contributed by atoms with Crippen molar-refractivity contribution in [1.82, 2.24) is 4.31 Å². The number of hydrogen-bond donors (Lipinski definition) is 0. The number of unbranched alkanes of at least 4 members (excludes halogenated alkanes) is 12. The molecule has 1 aliphatic rings.